The summed E-state index contributed by atoms with van der Waals surface area (Å²) in [5.74, 6) is 0.566. The van der Waals surface area contributed by atoms with E-state index < -0.39 is 0 Å². The van der Waals surface area contributed by atoms with Crippen LogP contribution in [0.3, 0.4) is 0 Å². The summed E-state index contributed by atoms with van der Waals surface area (Å²) in [6.07, 6.45) is 4.69. The Morgan fingerprint density at radius 2 is 1.71 bits per heavy atom. The number of quaternary nitrogens is 2. The van der Waals surface area contributed by atoms with Crippen molar-refractivity contribution < 1.29 is 24.1 Å². The third-order valence-corrected chi connectivity index (χ3v) is 6.16. The number of nitrogens with one attached hydrogen (secondary N) is 2. The second-order valence-corrected chi connectivity index (χ2v) is 8.18. The molecule has 2 saturated heterocycles. The Labute approximate surface area is 183 Å². The highest BCUT2D eigenvalue weighted by Gasteiger charge is 2.46. The van der Waals surface area contributed by atoms with Crippen LogP contribution in [0.5, 0.6) is 5.75 Å². The molecule has 1 atom stereocenters. The van der Waals surface area contributed by atoms with E-state index >= 15 is 0 Å². The molecule has 2 fully saturated rings. The van der Waals surface area contributed by atoms with Crippen LogP contribution in [0, 0.1) is 0 Å². The lowest BCUT2D eigenvalue weighted by Crippen LogP contribution is -3.30. The van der Waals surface area contributed by atoms with Crippen LogP contribution < -0.4 is 19.4 Å². The molecule has 2 aromatic carbocycles. The summed E-state index contributed by atoms with van der Waals surface area (Å²) in [5, 5.41) is 0. The molecule has 0 aliphatic carbocycles. The molecular weight excluding hydrogens is 390 g/mol. The first kappa shape index (κ1) is 21.3. The first-order chi connectivity index (χ1) is 15.2. The van der Waals surface area contributed by atoms with Gasteiger partial charge in [-0.15, -0.1) is 0 Å². The van der Waals surface area contributed by atoms with E-state index in [0.717, 1.165) is 38.5 Å². The van der Waals surface area contributed by atoms with E-state index in [4.69, 9.17) is 4.74 Å². The molecule has 2 aliphatic heterocycles. The minimum Gasteiger partial charge on any atom is -0.494 e. The van der Waals surface area contributed by atoms with Crippen molar-refractivity contribution in [3.8, 4) is 5.75 Å². The number of carbonyl (C=O) groups is 2. The fourth-order valence-corrected chi connectivity index (χ4v) is 4.48. The molecule has 0 saturated carbocycles. The van der Waals surface area contributed by atoms with Gasteiger partial charge in [-0.3, -0.25) is 9.59 Å². The zero-order chi connectivity index (χ0) is 21.6. The van der Waals surface area contributed by atoms with Gasteiger partial charge < -0.3 is 14.5 Å². The second kappa shape index (κ2) is 9.90. The Morgan fingerprint density at radius 3 is 2.39 bits per heavy atom. The van der Waals surface area contributed by atoms with Crippen LogP contribution in [-0.4, -0.2) is 57.2 Å². The first-order valence-electron chi connectivity index (χ1n) is 11.1. The summed E-state index contributed by atoms with van der Waals surface area (Å²) in [7, 11) is 0. The van der Waals surface area contributed by atoms with Gasteiger partial charge in [0.1, 0.15) is 31.9 Å². The van der Waals surface area contributed by atoms with E-state index in [0.29, 0.717) is 18.7 Å². The maximum atomic E-state index is 13.1. The van der Waals surface area contributed by atoms with Crippen molar-refractivity contribution in [1.29, 1.82) is 0 Å². The molecule has 2 aromatic rings. The summed E-state index contributed by atoms with van der Waals surface area (Å²) in [6.45, 7) is 7.34. The van der Waals surface area contributed by atoms with Crippen molar-refractivity contribution in [3.05, 3.63) is 66.2 Å². The Morgan fingerprint density at radius 1 is 1.00 bits per heavy atom. The molecule has 0 radical (unpaired) electrons. The molecule has 0 unspecified atom stereocenters. The van der Waals surface area contributed by atoms with E-state index in [9.17, 15) is 9.59 Å². The number of piperazine rings is 1. The minimum absolute atomic E-state index is 0.0726. The average Bonchev–Trinajstić information content (AvgIpc) is 3.10. The molecule has 2 heterocycles. The van der Waals surface area contributed by atoms with E-state index in [1.807, 2.05) is 37.3 Å². The van der Waals surface area contributed by atoms with Crippen LogP contribution in [0.1, 0.15) is 18.9 Å². The molecule has 4 rings (SSSR count). The highest BCUT2D eigenvalue weighted by atomic mass is 16.5. The summed E-state index contributed by atoms with van der Waals surface area (Å²) in [4.78, 5) is 29.8. The molecule has 0 bridgehead atoms. The molecule has 6 nitrogen and oxygen atoms in total. The van der Waals surface area contributed by atoms with E-state index in [1.54, 1.807) is 12.1 Å². The Kier molecular flexibility index (Phi) is 6.79. The van der Waals surface area contributed by atoms with Crippen LogP contribution in [0.2, 0.25) is 0 Å². The quantitative estimate of drug-likeness (QED) is 0.629. The molecular formula is C25H31N3O3+2. The molecule has 0 spiro atoms. The predicted octanol–water partition coefficient (Wildman–Crippen LogP) is 0.214. The normalized spacial score (nSPS) is 24.2. The van der Waals surface area contributed by atoms with E-state index in [1.165, 1.54) is 20.3 Å². The smallest absolute Gasteiger partial charge is 0.292 e. The summed E-state index contributed by atoms with van der Waals surface area (Å²) in [6, 6.07) is 17.3. The second-order valence-electron chi connectivity index (χ2n) is 8.18. The van der Waals surface area contributed by atoms with E-state index in [-0.39, 0.29) is 17.9 Å². The molecule has 0 aromatic heterocycles. The number of anilines is 1. The monoisotopic (exact) mass is 421 g/mol. The topological polar surface area (TPSA) is 55.5 Å². The number of rotatable bonds is 7. The summed E-state index contributed by atoms with van der Waals surface area (Å²) < 4.78 is 5.46. The number of imide groups is 1. The van der Waals surface area contributed by atoms with Crippen molar-refractivity contribution in [2.24, 2.45) is 0 Å². The van der Waals surface area contributed by atoms with Gasteiger partial charge in [0.25, 0.3) is 5.91 Å². The average molecular weight is 422 g/mol. The first-order valence-corrected chi connectivity index (χ1v) is 11.1. The predicted molar refractivity (Wildman–Crippen MR) is 120 cm³/mol. The fraction of sp³-hybridized carbons (Fsp3) is 0.360. The van der Waals surface area contributed by atoms with Gasteiger partial charge in [0.2, 0.25) is 5.91 Å². The number of amides is 2. The van der Waals surface area contributed by atoms with Crippen LogP contribution >= 0.6 is 0 Å². The largest absolute Gasteiger partial charge is 0.494 e. The minimum atomic E-state index is -0.263. The van der Waals surface area contributed by atoms with Gasteiger partial charge in [0, 0.05) is 0 Å². The highest BCUT2D eigenvalue weighted by Crippen LogP contribution is 2.24. The number of hydrogen-bond donors (Lipinski definition) is 2. The molecule has 162 valence electrons. The van der Waals surface area contributed by atoms with Crippen LogP contribution in [0.25, 0.3) is 6.08 Å². The summed E-state index contributed by atoms with van der Waals surface area (Å²) >= 11 is 0. The number of hydrogen-bond acceptors (Lipinski definition) is 3. The zero-order valence-electron chi connectivity index (χ0n) is 18.0. The van der Waals surface area contributed by atoms with Gasteiger partial charge in [-0.2, -0.15) is 0 Å². The van der Waals surface area contributed by atoms with Crippen molar-refractivity contribution in [1.82, 2.24) is 0 Å². The summed E-state index contributed by atoms with van der Waals surface area (Å²) in [5.41, 5.74) is 1.85. The number of nitrogens with zero attached hydrogens (tertiary/aromatic N) is 1. The van der Waals surface area contributed by atoms with Gasteiger partial charge in [-0.25, -0.2) is 4.90 Å². The van der Waals surface area contributed by atoms with Gasteiger partial charge in [0.15, 0.2) is 6.04 Å². The standard InChI is InChI=1S/C25H29N3O3/c1-2-31-22-12-10-21(11-13-22)28-24(29)19-23(25(28)30)27-17-15-26(16-18-27)14-6-9-20-7-4-3-5-8-20/h3-13,23H,2,14-19H2,1H3/p+2/b9-6+/t23-/m0/s1. The van der Waals surface area contributed by atoms with Crippen LogP contribution in [-0.2, 0) is 9.59 Å². The molecule has 2 aliphatic rings. The lowest BCUT2D eigenvalue weighted by molar-refractivity contribution is -1.02. The van der Waals surface area contributed by atoms with Crippen molar-refractivity contribution in [3.63, 3.8) is 0 Å². The SMILES string of the molecule is CCOc1ccc(N2C(=O)C[C@H]([NH+]3CC[NH+](C/C=C/c4ccccc4)CC3)C2=O)cc1. The number of benzene rings is 2. The number of ether oxygens (including phenoxy) is 1. The van der Waals surface area contributed by atoms with Crippen LogP contribution in [0.4, 0.5) is 5.69 Å². The maximum absolute atomic E-state index is 13.1. The van der Waals surface area contributed by atoms with Gasteiger partial charge >= 0.3 is 0 Å². The number of carbonyl (C=O) groups excluding carboxylic acids is 2. The van der Waals surface area contributed by atoms with Gasteiger partial charge in [-0.05, 0) is 42.8 Å². The van der Waals surface area contributed by atoms with Gasteiger partial charge in [0.05, 0.1) is 25.3 Å². The third-order valence-electron chi connectivity index (χ3n) is 6.16. The maximum Gasteiger partial charge on any atom is 0.292 e. The van der Waals surface area contributed by atoms with Crippen LogP contribution in [0.15, 0.2) is 60.7 Å². The Balaban J connectivity index is 1.31. The van der Waals surface area contributed by atoms with Crippen molar-refractivity contribution in [2.45, 2.75) is 19.4 Å². The fourth-order valence-electron chi connectivity index (χ4n) is 4.48. The Hall–Kier alpha value is -2.96. The molecule has 2 N–H and O–H groups in total. The highest BCUT2D eigenvalue weighted by molar-refractivity contribution is 6.21. The third kappa shape index (κ3) is 5.03. The zero-order valence-corrected chi connectivity index (χ0v) is 18.0. The lowest BCUT2D eigenvalue weighted by atomic mass is 10.1. The molecule has 2 amide bonds. The lowest BCUT2D eigenvalue weighted by Gasteiger charge is -2.31. The van der Waals surface area contributed by atoms with Gasteiger partial charge in [-0.1, -0.05) is 36.4 Å². The van der Waals surface area contributed by atoms with E-state index in [2.05, 4.69) is 24.3 Å². The van der Waals surface area contributed by atoms with Crippen molar-refractivity contribution in [2.75, 3.05) is 44.2 Å². The Bertz CT molecular complexity index is 919. The molecule has 31 heavy (non-hydrogen) atoms. The molecule has 6 heteroatoms. The van der Waals surface area contributed by atoms with Crippen molar-refractivity contribution >= 4 is 23.6 Å².